The van der Waals surface area contributed by atoms with Crippen LogP contribution in [0.2, 0.25) is 0 Å². The SMILES string of the molecule is CC(C)(C)c1nnc(N/N=C\c2ccc(O)cc2)[nH]c1=O. The van der Waals surface area contributed by atoms with E-state index in [4.69, 9.17) is 5.11 Å². The second kappa shape index (κ2) is 5.74. The number of rotatable bonds is 3. The molecule has 0 aliphatic heterocycles. The summed E-state index contributed by atoms with van der Waals surface area (Å²) >= 11 is 0. The topological polar surface area (TPSA) is 103 Å². The molecule has 0 aliphatic rings. The molecule has 7 nitrogen and oxygen atoms in total. The predicted octanol–water partition coefficient (Wildman–Crippen LogP) is 1.61. The zero-order valence-corrected chi connectivity index (χ0v) is 12.1. The van der Waals surface area contributed by atoms with Gasteiger partial charge in [-0.2, -0.15) is 5.10 Å². The maximum Gasteiger partial charge on any atom is 0.274 e. The first kappa shape index (κ1) is 14.7. The Morgan fingerprint density at radius 3 is 2.48 bits per heavy atom. The third-order valence-electron chi connectivity index (χ3n) is 2.68. The first-order valence-corrected chi connectivity index (χ1v) is 6.42. The van der Waals surface area contributed by atoms with Crippen molar-refractivity contribution in [1.82, 2.24) is 15.2 Å². The van der Waals surface area contributed by atoms with E-state index in [9.17, 15) is 4.79 Å². The maximum absolute atomic E-state index is 11.9. The molecular weight excluding hydrogens is 270 g/mol. The number of hydrazone groups is 1. The van der Waals surface area contributed by atoms with E-state index in [2.05, 4.69) is 25.7 Å². The number of nitrogens with one attached hydrogen (secondary N) is 2. The van der Waals surface area contributed by atoms with Crippen molar-refractivity contribution in [3.8, 4) is 5.75 Å². The predicted molar refractivity (Wildman–Crippen MR) is 80.7 cm³/mol. The van der Waals surface area contributed by atoms with E-state index in [1.165, 1.54) is 6.21 Å². The Labute approximate surface area is 121 Å². The molecule has 1 aromatic carbocycles. The van der Waals surface area contributed by atoms with Crippen molar-refractivity contribution in [3.05, 3.63) is 45.9 Å². The fourth-order valence-corrected chi connectivity index (χ4v) is 1.61. The highest BCUT2D eigenvalue weighted by molar-refractivity contribution is 5.80. The van der Waals surface area contributed by atoms with Crippen LogP contribution in [0.3, 0.4) is 0 Å². The average molecular weight is 287 g/mol. The summed E-state index contributed by atoms with van der Waals surface area (Å²) in [6.07, 6.45) is 1.54. The van der Waals surface area contributed by atoms with Crippen LogP contribution in [-0.4, -0.2) is 26.5 Å². The minimum Gasteiger partial charge on any atom is -0.508 e. The summed E-state index contributed by atoms with van der Waals surface area (Å²) in [7, 11) is 0. The van der Waals surface area contributed by atoms with Gasteiger partial charge in [-0.25, -0.2) is 5.43 Å². The molecule has 0 saturated heterocycles. The highest BCUT2D eigenvalue weighted by atomic mass is 16.3. The summed E-state index contributed by atoms with van der Waals surface area (Å²) in [4.78, 5) is 14.5. The van der Waals surface area contributed by atoms with Crippen molar-refractivity contribution in [1.29, 1.82) is 0 Å². The Bertz CT molecular complexity index is 699. The molecule has 1 aromatic heterocycles. The van der Waals surface area contributed by atoms with Crippen LogP contribution >= 0.6 is 0 Å². The van der Waals surface area contributed by atoms with E-state index in [0.29, 0.717) is 5.69 Å². The van der Waals surface area contributed by atoms with Crippen molar-refractivity contribution >= 4 is 12.2 Å². The summed E-state index contributed by atoms with van der Waals surface area (Å²) in [5.41, 5.74) is 3.11. The number of aromatic hydroxyl groups is 1. The lowest BCUT2D eigenvalue weighted by Crippen LogP contribution is -2.28. The van der Waals surface area contributed by atoms with Gasteiger partial charge in [0, 0.05) is 5.41 Å². The monoisotopic (exact) mass is 287 g/mol. The quantitative estimate of drug-likeness (QED) is 0.588. The number of phenolic OH excluding ortho intramolecular Hbond substituents is 1. The molecule has 0 radical (unpaired) electrons. The second-order valence-electron chi connectivity index (χ2n) is 5.56. The van der Waals surface area contributed by atoms with E-state index in [-0.39, 0.29) is 22.7 Å². The van der Waals surface area contributed by atoms with Gasteiger partial charge in [0.1, 0.15) is 11.4 Å². The Morgan fingerprint density at radius 2 is 1.90 bits per heavy atom. The number of hydrogen-bond acceptors (Lipinski definition) is 6. The van der Waals surface area contributed by atoms with Gasteiger partial charge in [0.05, 0.1) is 6.21 Å². The Balaban J connectivity index is 2.09. The molecule has 0 aliphatic carbocycles. The summed E-state index contributed by atoms with van der Waals surface area (Å²) in [6.45, 7) is 5.67. The molecule has 0 unspecified atom stereocenters. The number of aromatic nitrogens is 3. The number of nitrogens with zero attached hydrogens (tertiary/aromatic N) is 3. The zero-order chi connectivity index (χ0) is 15.5. The van der Waals surface area contributed by atoms with E-state index in [1.807, 2.05) is 20.8 Å². The normalized spacial score (nSPS) is 11.8. The molecule has 0 bridgehead atoms. The van der Waals surface area contributed by atoms with Crippen LogP contribution in [0.4, 0.5) is 5.95 Å². The first-order chi connectivity index (χ1) is 9.86. The fraction of sp³-hybridized carbons (Fsp3) is 0.286. The highest BCUT2D eigenvalue weighted by Gasteiger charge is 2.20. The molecule has 2 rings (SSSR count). The fourth-order valence-electron chi connectivity index (χ4n) is 1.61. The van der Waals surface area contributed by atoms with E-state index < -0.39 is 0 Å². The summed E-state index contributed by atoms with van der Waals surface area (Å²) in [6, 6.07) is 6.53. The van der Waals surface area contributed by atoms with Crippen LogP contribution < -0.4 is 11.0 Å². The molecule has 3 N–H and O–H groups in total. The Kier molecular flexibility index (Phi) is 4.02. The molecule has 7 heteroatoms. The van der Waals surface area contributed by atoms with Crippen molar-refractivity contribution in [3.63, 3.8) is 0 Å². The van der Waals surface area contributed by atoms with Crippen molar-refractivity contribution in [2.75, 3.05) is 5.43 Å². The van der Waals surface area contributed by atoms with E-state index in [0.717, 1.165) is 5.56 Å². The first-order valence-electron chi connectivity index (χ1n) is 6.42. The van der Waals surface area contributed by atoms with Crippen LogP contribution in [0, 0.1) is 0 Å². The molecule has 1 heterocycles. The largest absolute Gasteiger partial charge is 0.508 e. The van der Waals surface area contributed by atoms with Gasteiger partial charge in [-0.05, 0) is 29.8 Å². The van der Waals surface area contributed by atoms with Crippen LogP contribution in [0.15, 0.2) is 34.2 Å². The number of anilines is 1. The number of aromatic amines is 1. The van der Waals surface area contributed by atoms with Crippen LogP contribution in [0.5, 0.6) is 5.75 Å². The summed E-state index contributed by atoms with van der Waals surface area (Å²) < 4.78 is 0. The van der Waals surface area contributed by atoms with Gasteiger partial charge in [-0.15, -0.1) is 10.2 Å². The molecule has 0 atom stereocenters. The molecule has 21 heavy (non-hydrogen) atoms. The number of H-pyrrole nitrogens is 1. The van der Waals surface area contributed by atoms with Crippen molar-refractivity contribution in [2.24, 2.45) is 5.10 Å². The van der Waals surface area contributed by atoms with Crippen LogP contribution in [-0.2, 0) is 5.41 Å². The summed E-state index contributed by atoms with van der Waals surface area (Å²) in [5.74, 6) is 0.358. The Hall–Kier alpha value is -2.70. The lowest BCUT2D eigenvalue weighted by Gasteiger charge is -2.15. The van der Waals surface area contributed by atoms with Gasteiger partial charge < -0.3 is 5.11 Å². The van der Waals surface area contributed by atoms with Gasteiger partial charge in [-0.3, -0.25) is 9.78 Å². The van der Waals surface area contributed by atoms with Crippen LogP contribution in [0.1, 0.15) is 32.0 Å². The Morgan fingerprint density at radius 1 is 1.24 bits per heavy atom. The minimum atomic E-state index is -0.367. The van der Waals surface area contributed by atoms with Gasteiger partial charge in [0.2, 0.25) is 5.95 Å². The number of benzene rings is 1. The average Bonchev–Trinajstić information content (AvgIpc) is 2.40. The standard InChI is InChI=1S/C14H17N5O2/c1-14(2,3)11-12(21)16-13(19-17-11)18-15-8-9-4-6-10(20)7-5-9/h4-8,20H,1-3H3,(H2,16,18,19,21)/b15-8-. The van der Waals surface area contributed by atoms with Gasteiger partial charge >= 0.3 is 0 Å². The molecule has 2 aromatic rings. The lowest BCUT2D eigenvalue weighted by atomic mass is 9.93. The smallest absolute Gasteiger partial charge is 0.274 e. The third kappa shape index (κ3) is 3.88. The number of phenols is 1. The van der Waals surface area contributed by atoms with E-state index >= 15 is 0 Å². The van der Waals surface area contributed by atoms with Crippen LogP contribution in [0.25, 0.3) is 0 Å². The lowest BCUT2D eigenvalue weighted by molar-refractivity contribution is 0.475. The van der Waals surface area contributed by atoms with Gasteiger partial charge in [0.15, 0.2) is 0 Å². The minimum absolute atomic E-state index is 0.169. The molecule has 0 saturated carbocycles. The molecule has 0 amide bonds. The van der Waals surface area contributed by atoms with Gasteiger partial charge in [-0.1, -0.05) is 20.8 Å². The van der Waals surface area contributed by atoms with Crippen molar-refractivity contribution in [2.45, 2.75) is 26.2 Å². The van der Waals surface area contributed by atoms with E-state index in [1.54, 1.807) is 24.3 Å². The molecule has 0 spiro atoms. The second-order valence-corrected chi connectivity index (χ2v) is 5.56. The van der Waals surface area contributed by atoms with Gasteiger partial charge in [0.25, 0.3) is 5.56 Å². The summed E-state index contributed by atoms with van der Waals surface area (Å²) in [5, 5.41) is 20.9. The van der Waals surface area contributed by atoms with Crippen molar-refractivity contribution < 1.29 is 5.11 Å². The zero-order valence-electron chi connectivity index (χ0n) is 12.1. The third-order valence-corrected chi connectivity index (χ3v) is 2.68. The molecule has 110 valence electrons. The maximum atomic E-state index is 11.9. The molecular formula is C14H17N5O2. The number of hydrogen-bond donors (Lipinski definition) is 3. The highest BCUT2D eigenvalue weighted by Crippen LogP contribution is 2.15. The molecule has 0 fully saturated rings.